The molecule has 94 valence electrons. The fourth-order valence-corrected chi connectivity index (χ4v) is 2.02. The minimum atomic E-state index is 0.471. The standard InChI is InChI=1S/C17H21N/c1-12(2)14-6-5-7-15(10-14)16-8-9-18-17(11-16)13(3)4/h5-13H,1-4H3. The van der Waals surface area contributed by atoms with Crippen LogP contribution >= 0.6 is 0 Å². The van der Waals surface area contributed by atoms with E-state index in [-0.39, 0.29) is 0 Å². The first-order valence-corrected chi connectivity index (χ1v) is 6.64. The summed E-state index contributed by atoms with van der Waals surface area (Å²) < 4.78 is 0. The van der Waals surface area contributed by atoms with Gasteiger partial charge in [0.1, 0.15) is 0 Å². The number of pyridine rings is 1. The fourth-order valence-electron chi connectivity index (χ4n) is 2.02. The van der Waals surface area contributed by atoms with Crippen molar-refractivity contribution in [1.29, 1.82) is 0 Å². The molecule has 0 spiro atoms. The third-order valence-electron chi connectivity index (χ3n) is 3.26. The van der Waals surface area contributed by atoms with E-state index in [4.69, 9.17) is 0 Å². The predicted molar refractivity (Wildman–Crippen MR) is 77.9 cm³/mol. The van der Waals surface area contributed by atoms with E-state index < -0.39 is 0 Å². The Morgan fingerprint density at radius 1 is 0.833 bits per heavy atom. The second-order valence-corrected chi connectivity index (χ2v) is 5.40. The van der Waals surface area contributed by atoms with Crippen LogP contribution in [0.5, 0.6) is 0 Å². The van der Waals surface area contributed by atoms with E-state index >= 15 is 0 Å². The summed E-state index contributed by atoms with van der Waals surface area (Å²) in [6.07, 6.45) is 1.91. The second kappa shape index (κ2) is 5.34. The van der Waals surface area contributed by atoms with Crippen LogP contribution in [0.25, 0.3) is 11.1 Å². The molecule has 0 aliphatic rings. The molecule has 1 aromatic heterocycles. The topological polar surface area (TPSA) is 12.9 Å². The third kappa shape index (κ3) is 2.79. The summed E-state index contributed by atoms with van der Waals surface area (Å²) in [5, 5.41) is 0. The van der Waals surface area contributed by atoms with Gasteiger partial charge in [0, 0.05) is 11.9 Å². The van der Waals surface area contributed by atoms with Crippen molar-refractivity contribution >= 4 is 0 Å². The fraction of sp³-hybridized carbons (Fsp3) is 0.353. The Labute approximate surface area is 110 Å². The first kappa shape index (κ1) is 12.8. The van der Waals surface area contributed by atoms with Gasteiger partial charge in [-0.2, -0.15) is 0 Å². The highest BCUT2D eigenvalue weighted by Crippen LogP contribution is 2.25. The van der Waals surface area contributed by atoms with Crippen LogP contribution < -0.4 is 0 Å². The van der Waals surface area contributed by atoms with Crippen molar-refractivity contribution in [2.45, 2.75) is 39.5 Å². The molecule has 2 aromatic rings. The highest BCUT2D eigenvalue weighted by Gasteiger charge is 2.05. The van der Waals surface area contributed by atoms with Gasteiger partial charge in [-0.05, 0) is 40.7 Å². The molecule has 0 N–H and O–H groups in total. The first-order valence-electron chi connectivity index (χ1n) is 6.64. The monoisotopic (exact) mass is 239 g/mol. The summed E-state index contributed by atoms with van der Waals surface area (Å²) in [7, 11) is 0. The van der Waals surface area contributed by atoms with Crippen LogP contribution in [0, 0.1) is 0 Å². The van der Waals surface area contributed by atoms with Gasteiger partial charge in [0.15, 0.2) is 0 Å². The number of aromatic nitrogens is 1. The zero-order chi connectivity index (χ0) is 13.1. The average molecular weight is 239 g/mol. The number of rotatable bonds is 3. The van der Waals surface area contributed by atoms with Crippen LogP contribution in [0.15, 0.2) is 42.6 Å². The Balaban J connectivity index is 2.42. The molecule has 0 aliphatic heterocycles. The van der Waals surface area contributed by atoms with E-state index in [1.54, 1.807) is 0 Å². The Morgan fingerprint density at radius 3 is 2.22 bits per heavy atom. The Morgan fingerprint density at radius 2 is 1.56 bits per heavy atom. The Hall–Kier alpha value is -1.63. The second-order valence-electron chi connectivity index (χ2n) is 5.40. The summed E-state index contributed by atoms with van der Waals surface area (Å²) in [5.74, 6) is 1.04. The highest BCUT2D eigenvalue weighted by molar-refractivity contribution is 5.64. The van der Waals surface area contributed by atoms with Gasteiger partial charge in [-0.3, -0.25) is 4.98 Å². The number of hydrogen-bond acceptors (Lipinski definition) is 1. The van der Waals surface area contributed by atoms with Gasteiger partial charge in [-0.1, -0.05) is 52.0 Å². The van der Waals surface area contributed by atoms with E-state index in [2.05, 4.69) is 69.1 Å². The number of hydrogen-bond donors (Lipinski definition) is 0. The van der Waals surface area contributed by atoms with Crippen molar-refractivity contribution in [1.82, 2.24) is 4.98 Å². The van der Waals surface area contributed by atoms with Crippen LogP contribution in [-0.2, 0) is 0 Å². The van der Waals surface area contributed by atoms with Crippen LogP contribution in [0.2, 0.25) is 0 Å². The van der Waals surface area contributed by atoms with E-state index in [1.807, 2.05) is 6.20 Å². The maximum atomic E-state index is 4.42. The molecular weight excluding hydrogens is 218 g/mol. The lowest BCUT2D eigenvalue weighted by molar-refractivity contribution is 0.823. The van der Waals surface area contributed by atoms with Crippen LogP contribution in [0.1, 0.15) is 50.8 Å². The van der Waals surface area contributed by atoms with Gasteiger partial charge in [-0.15, -0.1) is 0 Å². The van der Waals surface area contributed by atoms with Crippen molar-refractivity contribution in [3.63, 3.8) is 0 Å². The van der Waals surface area contributed by atoms with Crippen molar-refractivity contribution in [2.24, 2.45) is 0 Å². The predicted octanol–water partition coefficient (Wildman–Crippen LogP) is 5.00. The molecule has 0 saturated carbocycles. The van der Waals surface area contributed by atoms with Gasteiger partial charge in [-0.25, -0.2) is 0 Å². The molecule has 1 nitrogen and oxygen atoms in total. The smallest absolute Gasteiger partial charge is 0.0435 e. The van der Waals surface area contributed by atoms with Crippen molar-refractivity contribution < 1.29 is 0 Å². The molecule has 0 aliphatic carbocycles. The minimum absolute atomic E-state index is 0.471. The minimum Gasteiger partial charge on any atom is -0.261 e. The van der Waals surface area contributed by atoms with Gasteiger partial charge in [0.25, 0.3) is 0 Å². The Bertz CT molecular complexity index is 477. The zero-order valence-electron chi connectivity index (χ0n) is 11.6. The van der Waals surface area contributed by atoms with Gasteiger partial charge in [0.05, 0.1) is 0 Å². The lowest BCUT2D eigenvalue weighted by Crippen LogP contribution is -1.93. The quantitative estimate of drug-likeness (QED) is 0.735. The van der Waals surface area contributed by atoms with Crippen molar-refractivity contribution in [2.75, 3.05) is 0 Å². The van der Waals surface area contributed by atoms with Gasteiger partial charge < -0.3 is 0 Å². The molecule has 0 atom stereocenters. The van der Waals surface area contributed by atoms with Crippen LogP contribution in [0.3, 0.4) is 0 Å². The molecule has 0 saturated heterocycles. The molecule has 2 rings (SSSR count). The molecular formula is C17H21N. The molecule has 18 heavy (non-hydrogen) atoms. The molecule has 1 heteroatoms. The van der Waals surface area contributed by atoms with Crippen LogP contribution in [0.4, 0.5) is 0 Å². The van der Waals surface area contributed by atoms with E-state index in [0.717, 1.165) is 5.69 Å². The molecule has 0 fully saturated rings. The molecule has 1 aromatic carbocycles. The number of nitrogens with zero attached hydrogens (tertiary/aromatic N) is 1. The summed E-state index contributed by atoms with van der Waals surface area (Å²) in [6, 6.07) is 13.1. The van der Waals surface area contributed by atoms with E-state index in [9.17, 15) is 0 Å². The molecule has 0 unspecified atom stereocenters. The van der Waals surface area contributed by atoms with Gasteiger partial charge >= 0.3 is 0 Å². The normalized spacial score (nSPS) is 11.2. The Kier molecular flexibility index (Phi) is 3.81. The molecule has 0 amide bonds. The summed E-state index contributed by atoms with van der Waals surface area (Å²) >= 11 is 0. The maximum absolute atomic E-state index is 4.42. The molecule has 1 heterocycles. The summed E-state index contributed by atoms with van der Waals surface area (Å²) in [4.78, 5) is 4.42. The maximum Gasteiger partial charge on any atom is 0.0435 e. The number of benzene rings is 1. The summed E-state index contributed by atoms with van der Waals surface area (Å²) in [5.41, 5.74) is 5.08. The van der Waals surface area contributed by atoms with Crippen molar-refractivity contribution in [3.05, 3.63) is 53.9 Å². The lowest BCUT2D eigenvalue weighted by atomic mass is 9.97. The van der Waals surface area contributed by atoms with Crippen molar-refractivity contribution in [3.8, 4) is 11.1 Å². The SMILES string of the molecule is CC(C)c1cccc(-c2ccnc(C(C)C)c2)c1. The molecule has 0 bridgehead atoms. The van der Waals surface area contributed by atoms with Crippen LogP contribution in [-0.4, -0.2) is 4.98 Å². The average Bonchev–Trinajstić information content (AvgIpc) is 2.39. The van der Waals surface area contributed by atoms with Gasteiger partial charge in [0.2, 0.25) is 0 Å². The molecule has 0 radical (unpaired) electrons. The summed E-state index contributed by atoms with van der Waals surface area (Å²) in [6.45, 7) is 8.81. The zero-order valence-corrected chi connectivity index (χ0v) is 11.6. The lowest BCUT2D eigenvalue weighted by Gasteiger charge is -2.10. The largest absolute Gasteiger partial charge is 0.261 e. The highest BCUT2D eigenvalue weighted by atomic mass is 14.7. The van der Waals surface area contributed by atoms with E-state index in [1.165, 1.54) is 16.7 Å². The third-order valence-corrected chi connectivity index (χ3v) is 3.26. The van der Waals surface area contributed by atoms with E-state index in [0.29, 0.717) is 11.8 Å². The first-order chi connectivity index (χ1) is 8.58.